The highest BCUT2D eigenvalue weighted by atomic mass is 35.5. The fraction of sp³-hybridized carbons (Fsp3) is 0.188. The Morgan fingerprint density at radius 2 is 1.65 bits per heavy atom. The number of sulfonamides is 1. The standard InChI is InChI=1S/C32H28Cl2FN5O5S/c1-38-29-17-25(44-31-11-5-23(19-36-31)37-46(42,43)26-9-10-27(33)28(34)18-26)8-4-22(29)16-30(38)32(41)40-14-12-39(13-15-40)20-21-2-6-24(45-35)7-3-21/h2-11,16-19,37H,12-15,20H2,1H3. The van der Waals surface area contributed by atoms with Gasteiger partial charge in [-0.1, -0.05) is 35.3 Å². The molecule has 6 rings (SSSR count). The number of anilines is 1. The van der Waals surface area contributed by atoms with Gasteiger partial charge in [-0.25, -0.2) is 13.4 Å². The van der Waals surface area contributed by atoms with Crippen LogP contribution in [-0.4, -0.2) is 59.9 Å². The number of piperazine rings is 1. The summed E-state index contributed by atoms with van der Waals surface area (Å²) >= 11 is 11.9. The zero-order valence-corrected chi connectivity index (χ0v) is 26.8. The van der Waals surface area contributed by atoms with E-state index in [1.54, 1.807) is 24.3 Å². The van der Waals surface area contributed by atoms with E-state index in [-0.39, 0.29) is 38.2 Å². The largest absolute Gasteiger partial charge is 0.439 e. The number of carbonyl (C=O) groups excluding carboxylic acids is 1. The smallest absolute Gasteiger partial charge is 0.270 e. The van der Waals surface area contributed by atoms with Gasteiger partial charge in [-0.15, -0.1) is 0 Å². The van der Waals surface area contributed by atoms with Crippen LogP contribution >= 0.6 is 23.2 Å². The highest BCUT2D eigenvalue weighted by Crippen LogP contribution is 2.29. The van der Waals surface area contributed by atoms with E-state index in [2.05, 4.69) is 19.5 Å². The summed E-state index contributed by atoms with van der Waals surface area (Å²) < 4.78 is 48.0. The van der Waals surface area contributed by atoms with Crippen molar-refractivity contribution in [3.8, 4) is 17.4 Å². The van der Waals surface area contributed by atoms with Crippen molar-refractivity contribution in [2.45, 2.75) is 11.4 Å². The second-order valence-corrected chi connectivity index (χ2v) is 13.3. The van der Waals surface area contributed by atoms with Crippen LogP contribution in [0.1, 0.15) is 16.1 Å². The lowest BCUT2D eigenvalue weighted by Crippen LogP contribution is -2.48. The maximum absolute atomic E-state index is 13.5. The number of carbonyl (C=O) groups is 1. The predicted molar refractivity (Wildman–Crippen MR) is 174 cm³/mol. The third-order valence-electron chi connectivity index (χ3n) is 7.73. The third-order valence-corrected chi connectivity index (χ3v) is 9.84. The van der Waals surface area contributed by atoms with Crippen molar-refractivity contribution in [3.63, 3.8) is 0 Å². The lowest BCUT2D eigenvalue weighted by Gasteiger charge is -2.34. The molecule has 1 amide bonds. The third kappa shape index (κ3) is 6.90. The highest BCUT2D eigenvalue weighted by molar-refractivity contribution is 7.92. The molecule has 1 aliphatic heterocycles. The van der Waals surface area contributed by atoms with Gasteiger partial charge in [-0.05, 0) is 60.2 Å². The Morgan fingerprint density at radius 1 is 0.913 bits per heavy atom. The first-order valence-corrected chi connectivity index (χ1v) is 16.4. The van der Waals surface area contributed by atoms with Crippen LogP contribution in [0.2, 0.25) is 10.0 Å². The number of fused-ring (bicyclic) bond motifs is 1. The zero-order valence-electron chi connectivity index (χ0n) is 24.5. The first kappa shape index (κ1) is 31.6. The van der Waals surface area contributed by atoms with Gasteiger partial charge in [0.25, 0.3) is 15.9 Å². The van der Waals surface area contributed by atoms with Gasteiger partial charge >= 0.3 is 0 Å². The molecular weight excluding hydrogens is 656 g/mol. The minimum absolute atomic E-state index is 0.0347. The van der Waals surface area contributed by atoms with E-state index in [0.29, 0.717) is 31.1 Å². The lowest BCUT2D eigenvalue weighted by atomic mass is 10.2. The van der Waals surface area contributed by atoms with Gasteiger partial charge in [0.15, 0.2) is 5.75 Å². The molecule has 238 valence electrons. The second-order valence-electron chi connectivity index (χ2n) is 10.8. The molecule has 0 saturated carbocycles. The number of benzene rings is 3. The highest BCUT2D eigenvalue weighted by Gasteiger charge is 2.25. The van der Waals surface area contributed by atoms with E-state index in [9.17, 15) is 17.7 Å². The number of rotatable bonds is 9. The number of halogens is 3. The zero-order chi connectivity index (χ0) is 32.4. The number of nitrogens with zero attached hydrogens (tertiary/aromatic N) is 4. The van der Waals surface area contributed by atoms with E-state index < -0.39 is 10.0 Å². The van der Waals surface area contributed by atoms with Gasteiger partial charge in [-0.2, -0.15) is 0 Å². The van der Waals surface area contributed by atoms with Gasteiger partial charge in [0.2, 0.25) is 5.88 Å². The fourth-order valence-corrected chi connectivity index (χ4v) is 6.67. The van der Waals surface area contributed by atoms with Gasteiger partial charge in [0, 0.05) is 61.8 Å². The van der Waals surface area contributed by atoms with Gasteiger partial charge < -0.3 is 14.2 Å². The number of amides is 1. The Morgan fingerprint density at radius 3 is 2.33 bits per heavy atom. The van der Waals surface area contributed by atoms with Crippen LogP contribution in [-0.2, 0) is 23.6 Å². The van der Waals surface area contributed by atoms with Crippen molar-refractivity contribution in [1.82, 2.24) is 19.4 Å². The Balaban J connectivity index is 1.08. The molecule has 14 heteroatoms. The predicted octanol–water partition coefficient (Wildman–Crippen LogP) is 6.69. The van der Waals surface area contributed by atoms with Gasteiger partial charge in [-0.3, -0.25) is 19.4 Å². The lowest BCUT2D eigenvalue weighted by molar-refractivity contribution is -0.00624. The molecule has 3 heterocycles. The summed E-state index contributed by atoms with van der Waals surface area (Å²) in [7, 11) is -2.07. The fourth-order valence-electron chi connectivity index (χ4n) is 5.23. The van der Waals surface area contributed by atoms with Gasteiger partial charge in [0.05, 0.1) is 32.3 Å². The summed E-state index contributed by atoms with van der Waals surface area (Å²) in [6.45, 7) is 3.32. The number of hydrogen-bond donors (Lipinski definition) is 1. The molecule has 0 aliphatic carbocycles. The van der Waals surface area contributed by atoms with E-state index in [1.807, 2.05) is 46.8 Å². The quantitative estimate of drug-likeness (QED) is 0.184. The molecule has 1 saturated heterocycles. The second kappa shape index (κ2) is 13.2. The summed E-state index contributed by atoms with van der Waals surface area (Å²) in [6, 6.07) is 21.3. The SMILES string of the molecule is Cn1c(C(=O)N2CCN(Cc3ccc(OF)cc3)CC2)cc2ccc(Oc3ccc(NS(=O)(=O)c4ccc(Cl)c(Cl)c4)cn3)cc21. The summed E-state index contributed by atoms with van der Waals surface area (Å²) in [6.07, 6.45) is 1.35. The van der Waals surface area contributed by atoms with Crippen molar-refractivity contribution in [3.05, 3.63) is 106 Å². The average Bonchev–Trinajstić information content (AvgIpc) is 3.39. The number of nitrogens with one attached hydrogen (secondary N) is 1. The molecule has 0 spiro atoms. The van der Waals surface area contributed by atoms with E-state index >= 15 is 0 Å². The molecule has 0 bridgehead atoms. The molecule has 10 nitrogen and oxygen atoms in total. The average molecular weight is 685 g/mol. The number of hydrogen-bond acceptors (Lipinski definition) is 7. The van der Waals surface area contributed by atoms with Crippen LogP contribution in [0.15, 0.2) is 90.0 Å². The summed E-state index contributed by atoms with van der Waals surface area (Å²) in [5, 5.41) is 1.27. The van der Waals surface area contributed by atoms with Crippen molar-refractivity contribution in [2.24, 2.45) is 7.05 Å². The molecule has 0 atom stereocenters. The summed E-state index contributed by atoms with van der Waals surface area (Å²) in [5.41, 5.74) is 2.66. The van der Waals surface area contributed by atoms with E-state index in [4.69, 9.17) is 27.9 Å². The van der Waals surface area contributed by atoms with Crippen LogP contribution in [0.4, 0.5) is 10.2 Å². The van der Waals surface area contributed by atoms with Crippen LogP contribution < -0.4 is 14.4 Å². The topological polar surface area (TPSA) is 106 Å². The molecule has 1 aliphatic rings. The van der Waals surface area contributed by atoms with Crippen molar-refractivity contribution < 1.29 is 27.4 Å². The molecular formula is C32H28Cl2FN5O5S. The molecule has 0 radical (unpaired) electrons. The molecule has 5 aromatic rings. The number of aromatic nitrogens is 2. The minimum atomic E-state index is -3.91. The molecule has 46 heavy (non-hydrogen) atoms. The Hall–Kier alpha value is -4.36. The van der Waals surface area contributed by atoms with Gasteiger partial charge in [0.1, 0.15) is 11.4 Å². The number of pyridine rings is 1. The van der Waals surface area contributed by atoms with Crippen molar-refractivity contribution >= 4 is 55.7 Å². The molecule has 3 aromatic carbocycles. The van der Waals surface area contributed by atoms with Crippen LogP contribution in [0, 0.1) is 0 Å². The minimum Gasteiger partial charge on any atom is -0.439 e. The van der Waals surface area contributed by atoms with Crippen LogP contribution in [0.3, 0.4) is 0 Å². The first-order chi connectivity index (χ1) is 22.1. The monoisotopic (exact) mass is 683 g/mol. The summed E-state index contributed by atoms with van der Waals surface area (Å²) in [4.78, 5) is 25.5. The summed E-state index contributed by atoms with van der Waals surface area (Å²) in [5.74, 6) is 0.880. The molecule has 0 unspecified atom stereocenters. The Bertz CT molecular complexity index is 2000. The maximum Gasteiger partial charge on any atom is 0.270 e. The van der Waals surface area contributed by atoms with E-state index in [0.717, 1.165) is 29.6 Å². The normalized spacial score (nSPS) is 14.0. The maximum atomic E-state index is 13.5. The van der Waals surface area contributed by atoms with E-state index in [1.165, 1.54) is 30.5 Å². The van der Waals surface area contributed by atoms with Crippen LogP contribution in [0.5, 0.6) is 17.4 Å². The van der Waals surface area contributed by atoms with Crippen molar-refractivity contribution in [1.29, 1.82) is 0 Å². The molecule has 1 N–H and O–H groups in total. The van der Waals surface area contributed by atoms with Crippen LogP contribution in [0.25, 0.3) is 10.9 Å². The van der Waals surface area contributed by atoms with Crippen molar-refractivity contribution in [2.75, 3.05) is 30.9 Å². The Labute approximate surface area is 274 Å². The Kier molecular flexibility index (Phi) is 9.05. The molecule has 2 aromatic heterocycles. The molecule has 1 fully saturated rings. The number of ether oxygens (including phenoxy) is 1. The number of aryl methyl sites for hydroxylation is 1. The first-order valence-electron chi connectivity index (χ1n) is 14.2.